The van der Waals surface area contributed by atoms with Gasteiger partial charge in [-0.25, -0.2) is 4.79 Å². The molecule has 4 nitrogen and oxygen atoms in total. The zero-order valence-corrected chi connectivity index (χ0v) is 11.9. The molecule has 18 heavy (non-hydrogen) atoms. The van der Waals surface area contributed by atoms with Crippen molar-refractivity contribution in [3.05, 3.63) is 34.3 Å². The molecule has 1 heterocycles. The normalized spacial score (nSPS) is 23.3. The number of hydrogen-bond acceptors (Lipinski definition) is 3. The first-order valence-corrected chi connectivity index (χ1v) is 6.73. The van der Waals surface area contributed by atoms with Crippen molar-refractivity contribution < 1.29 is 9.53 Å². The lowest BCUT2D eigenvalue weighted by molar-refractivity contribution is 0.148. The van der Waals surface area contributed by atoms with Gasteiger partial charge in [0.25, 0.3) is 0 Å². The Morgan fingerprint density at radius 3 is 3.00 bits per heavy atom. The molecule has 0 aliphatic carbocycles. The van der Waals surface area contributed by atoms with Crippen LogP contribution in [0, 0.1) is 0 Å². The summed E-state index contributed by atoms with van der Waals surface area (Å²) in [6, 6.07) is 7.93. The second kappa shape index (κ2) is 5.28. The maximum Gasteiger partial charge on any atom is 0.410 e. The number of halogens is 1. The van der Waals surface area contributed by atoms with E-state index in [-0.39, 0.29) is 11.6 Å². The number of benzene rings is 1. The summed E-state index contributed by atoms with van der Waals surface area (Å²) >= 11 is 3.43. The van der Waals surface area contributed by atoms with Gasteiger partial charge < -0.3 is 10.5 Å². The van der Waals surface area contributed by atoms with Crippen molar-refractivity contribution in [1.29, 1.82) is 0 Å². The Morgan fingerprint density at radius 2 is 2.33 bits per heavy atom. The molecule has 1 atom stereocenters. The topological polar surface area (TPSA) is 55.6 Å². The molecule has 1 aromatic carbocycles. The Morgan fingerprint density at radius 1 is 1.56 bits per heavy atom. The van der Waals surface area contributed by atoms with E-state index in [0.29, 0.717) is 19.7 Å². The van der Waals surface area contributed by atoms with Crippen LogP contribution >= 0.6 is 15.9 Å². The molecule has 1 amide bonds. The lowest BCUT2D eigenvalue weighted by Gasteiger charge is -2.31. The number of nitrogens with two attached hydrogens (primary N) is 1. The summed E-state index contributed by atoms with van der Waals surface area (Å²) in [6.07, 6.45) is 0.484. The average Bonchev–Trinajstić information content (AvgIpc) is 2.58. The first-order valence-electron chi connectivity index (χ1n) is 5.94. The molecule has 98 valence electrons. The molecule has 0 spiro atoms. The summed E-state index contributed by atoms with van der Waals surface area (Å²) in [4.78, 5) is 13.6. The maximum atomic E-state index is 11.8. The van der Waals surface area contributed by atoms with Gasteiger partial charge in [-0.15, -0.1) is 0 Å². The predicted molar refractivity (Wildman–Crippen MR) is 73.1 cm³/mol. The molecule has 5 heteroatoms. The van der Waals surface area contributed by atoms with E-state index in [0.717, 1.165) is 16.5 Å². The highest BCUT2D eigenvalue weighted by Crippen LogP contribution is 2.29. The third-order valence-electron chi connectivity index (χ3n) is 3.29. The Balaban J connectivity index is 2.17. The maximum absolute atomic E-state index is 11.8. The minimum absolute atomic E-state index is 0.258. The molecular weight excluding hydrogens is 296 g/mol. The van der Waals surface area contributed by atoms with Gasteiger partial charge >= 0.3 is 6.09 Å². The van der Waals surface area contributed by atoms with Crippen LogP contribution in [0.25, 0.3) is 0 Å². The molecule has 2 N–H and O–H groups in total. The molecule has 1 aromatic rings. The van der Waals surface area contributed by atoms with E-state index >= 15 is 0 Å². The first kappa shape index (κ1) is 13.4. The van der Waals surface area contributed by atoms with E-state index in [9.17, 15) is 4.79 Å². The molecule has 1 unspecified atom stereocenters. The molecule has 1 saturated heterocycles. The summed E-state index contributed by atoms with van der Waals surface area (Å²) in [5.74, 6) is 0. The van der Waals surface area contributed by atoms with Crippen molar-refractivity contribution in [2.75, 3.05) is 13.2 Å². The summed E-state index contributed by atoms with van der Waals surface area (Å²) in [6.45, 7) is 3.52. The molecular formula is C13H17BrN2O2. The zero-order valence-electron chi connectivity index (χ0n) is 10.4. The van der Waals surface area contributed by atoms with Crippen LogP contribution in [0.1, 0.15) is 18.9 Å². The number of rotatable bonds is 4. The van der Waals surface area contributed by atoms with Crippen LogP contribution in [-0.4, -0.2) is 29.7 Å². The third kappa shape index (κ3) is 2.67. The SMILES string of the molecule is CC1(CCN)COC(=O)N1Cc1cccc(Br)c1. The van der Waals surface area contributed by atoms with Crippen molar-refractivity contribution in [3.8, 4) is 0 Å². The summed E-state index contributed by atoms with van der Waals surface area (Å²) in [5, 5.41) is 0. The summed E-state index contributed by atoms with van der Waals surface area (Å²) in [5.41, 5.74) is 6.40. The molecule has 0 aromatic heterocycles. The van der Waals surface area contributed by atoms with E-state index in [2.05, 4.69) is 15.9 Å². The monoisotopic (exact) mass is 312 g/mol. The van der Waals surface area contributed by atoms with Crippen LogP contribution in [0.15, 0.2) is 28.7 Å². The second-order valence-electron chi connectivity index (χ2n) is 4.81. The second-order valence-corrected chi connectivity index (χ2v) is 5.72. The summed E-state index contributed by atoms with van der Waals surface area (Å²) < 4.78 is 6.16. The lowest BCUT2D eigenvalue weighted by Crippen LogP contribution is -2.45. The zero-order chi connectivity index (χ0) is 13.2. The number of carbonyl (C=O) groups excluding carboxylic acids is 1. The number of amides is 1. The predicted octanol–water partition coefficient (Wildman–Crippen LogP) is 2.51. The molecule has 2 rings (SSSR count). The van der Waals surface area contributed by atoms with Crippen LogP contribution in [0.2, 0.25) is 0 Å². The highest BCUT2D eigenvalue weighted by atomic mass is 79.9. The Bertz CT molecular complexity index is 452. The first-order chi connectivity index (χ1) is 8.55. The fourth-order valence-electron chi connectivity index (χ4n) is 2.18. The summed E-state index contributed by atoms with van der Waals surface area (Å²) in [7, 11) is 0. The van der Waals surface area contributed by atoms with Gasteiger partial charge in [-0.05, 0) is 37.6 Å². The van der Waals surface area contributed by atoms with Gasteiger partial charge in [-0.1, -0.05) is 28.1 Å². The number of nitrogens with zero attached hydrogens (tertiary/aromatic N) is 1. The van der Waals surface area contributed by atoms with Crippen LogP contribution in [0.3, 0.4) is 0 Å². The standard InChI is InChI=1S/C13H17BrN2O2/c1-13(5-6-15)9-18-12(17)16(13)8-10-3-2-4-11(14)7-10/h2-4,7H,5-6,8-9,15H2,1H3. The number of carbonyl (C=O) groups is 1. The average molecular weight is 313 g/mol. The lowest BCUT2D eigenvalue weighted by atomic mass is 9.97. The Labute approximate surface area is 115 Å². The van der Waals surface area contributed by atoms with Crippen molar-refractivity contribution in [2.24, 2.45) is 5.73 Å². The Kier molecular flexibility index (Phi) is 3.92. The molecule has 0 saturated carbocycles. The van der Waals surface area contributed by atoms with Gasteiger partial charge in [0.15, 0.2) is 0 Å². The van der Waals surface area contributed by atoms with Gasteiger partial charge in [0.05, 0.1) is 5.54 Å². The van der Waals surface area contributed by atoms with Gasteiger partial charge in [0.2, 0.25) is 0 Å². The highest BCUT2D eigenvalue weighted by molar-refractivity contribution is 9.10. The highest BCUT2D eigenvalue weighted by Gasteiger charge is 2.42. The van der Waals surface area contributed by atoms with E-state index < -0.39 is 0 Å². The Hall–Kier alpha value is -1.07. The van der Waals surface area contributed by atoms with E-state index in [1.54, 1.807) is 4.90 Å². The third-order valence-corrected chi connectivity index (χ3v) is 3.78. The van der Waals surface area contributed by atoms with E-state index in [1.807, 2.05) is 31.2 Å². The minimum Gasteiger partial charge on any atom is -0.447 e. The smallest absolute Gasteiger partial charge is 0.410 e. The van der Waals surface area contributed by atoms with Gasteiger partial charge in [-0.3, -0.25) is 4.90 Å². The van der Waals surface area contributed by atoms with Gasteiger partial charge in [-0.2, -0.15) is 0 Å². The van der Waals surface area contributed by atoms with Gasteiger partial charge in [0, 0.05) is 11.0 Å². The number of hydrogen-bond donors (Lipinski definition) is 1. The minimum atomic E-state index is -0.297. The van der Waals surface area contributed by atoms with Gasteiger partial charge in [0.1, 0.15) is 6.61 Å². The number of cyclic esters (lactones) is 1. The van der Waals surface area contributed by atoms with Crippen LogP contribution < -0.4 is 5.73 Å². The molecule has 1 aliphatic rings. The van der Waals surface area contributed by atoms with Crippen LogP contribution in [0.5, 0.6) is 0 Å². The van der Waals surface area contributed by atoms with Crippen LogP contribution in [-0.2, 0) is 11.3 Å². The molecule has 1 fully saturated rings. The van der Waals surface area contributed by atoms with Crippen molar-refractivity contribution in [3.63, 3.8) is 0 Å². The largest absolute Gasteiger partial charge is 0.447 e. The van der Waals surface area contributed by atoms with Crippen molar-refractivity contribution in [2.45, 2.75) is 25.4 Å². The van der Waals surface area contributed by atoms with E-state index in [1.165, 1.54) is 0 Å². The van der Waals surface area contributed by atoms with Crippen molar-refractivity contribution >= 4 is 22.0 Å². The number of ether oxygens (including phenoxy) is 1. The quantitative estimate of drug-likeness (QED) is 0.929. The van der Waals surface area contributed by atoms with Crippen molar-refractivity contribution in [1.82, 2.24) is 4.90 Å². The van der Waals surface area contributed by atoms with Crippen LogP contribution in [0.4, 0.5) is 4.79 Å². The molecule has 0 radical (unpaired) electrons. The molecule has 1 aliphatic heterocycles. The van der Waals surface area contributed by atoms with E-state index in [4.69, 9.17) is 10.5 Å². The fourth-order valence-corrected chi connectivity index (χ4v) is 2.63. The molecule has 0 bridgehead atoms. The fraction of sp³-hybridized carbons (Fsp3) is 0.462.